The summed E-state index contributed by atoms with van der Waals surface area (Å²) in [6.07, 6.45) is 0.976. The Morgan fingerprint density at radius 3 is 2.88 bits per heavy atom. The van der Waals surface area contributed by atoms with Gasteiger partial charge in [-0.25, -0.2) is 4.98 Å². The second-order valence-corrected chi connectivity index (χ2v) is 7.38. The smallest absolute Gasteiger partial charge is 0.191 e. The number of guanidine groups is 1. The minimum Gasteiger partial charge on any atom is -0.380 e. The van der Waals surface area contributed by atoms with E-state index in [1.807, 2.05) is 25.2 Å². The number of rotatable bonds is 9. The van der Waals surface area contributed by atoms with E-state index in [-0.39, 0.29) is 0 Å². The van der Waals surface area contributed by atoms with Gasteiger partial charge in [0.25, 0.3) is 0 Å². The third-order valence-electron chi connectivity index (χ3n) is 3.25. The molecule has 2 aromatic rings. The zero-order valence-corrected chi connectivity index (χ0v) is 16.2. The Hall–Kier alpha value is -1.44. The van der Waals surface area contributed by atoms with Gasteiger partial charge in [-0.3, -0.25) is 4.99 Å². The summed E-state index contributed by atoms with van der Waals surface area (Å²) in [5.41, 5.74) is 1.09. The van der Waals surface area contributed by atoms with Gasteiger partial charge in [-0.05, 0) is 39.3 Å². The topological polar surface area (TPSA) is 58.5 Å². The summed E-state index contributed by atoms with van der Waals surface area (Å²) in [6.45, 7) is 9.89. The molecule has 0 radical (unpaired) electrons. The van der Waals surface area contributed by atoms with Gasteiger partial charge >= 0.3 is 0 Å². The highest BCUT2D eigenvalue weighted by Gasteiger charge is 2.06. The van der Waals surface area contributed by atoms with Gasteiger partial charge in [-0.1, -0.05) is 0 Å². The van der Waals surface area contributed by atoms with Gasteiger partial charge in [-0.2, -0.15) is 0 Å². The molecule has 0 amide bonds. The summed E-state index contributed by atoms with van der Waals surface area (Å²) in [7, 11) is 0. The Morgan fingerprint density at radius 2 is 2.17 bits per heavy atom. The van der Waals surface area contributed by atoms with E-state index in [0.717, 1.165) is 42.8 Å². The van der Waals surface area contributed by atoms with Crippen molar-refractivity contribution in [2.75, 3.05) is 32.8 Å². The van der Waals surface area contributed by atoms with E-state index in [0.29, 0.717) is 13.2 Å². The van der Waals surface area contributed by atoms with Crippen LogP contribution in [0, 0.1) is 6.92 Å². The van der Waals surface area contributed by atoms with Gasteiger partial charge in [0.05, 0.1) is 28.7 Å². The first-order valence-electron chi connectivity index (χ1n) is 8.34. The average molecular weight is 367 g/mol. The standard InChI is InChI=1S/C17H26N4OS2/c1-4-18-17(20-10-11-22-5-2)19-9-8-14-6-7-16(24-14)15-12-23-13(3)21-15/h6-7,12H,4-5,8-11H2,1-3H3,(H2,18,19,20). The highest BCUT2D eigenvalue weighted by atomic mass is 32.1. The number of hydrogen-bond acceptors (Lipinski definition) is 5. The van der Waals surface area contributed by atoms with Crippen LogP contribution in [0.1, 0.15) is 23.7 Å². The number of aryl methyl sites for hydroxylation is 1. The molecule has 0 aliphatic rings. The van der Waals surface area contributed by atoms with Gasteiger partial charge in [-0.15, -0.1) is 22.7 Å². The van der Waals surface area contributed by atoms with Crippen molar-refractivity contribution in [3.05, 3.63) is 27.4 Å². The lowest BCUT2D eigenvalue weighted by Crippen LogP contribution is -2.38. The molecule has 0 fully saturated rings. The minimum absolute atomic E-state index is 0.661. The third kappa shape index (κ3) is 6.22. The quantitative estimate of drug-likeness (QED) is 0.406. The van der Waals surface area contributed by atoms with Crippen molar-refractivity contribution in [2.24, 2.45) is 4.99 Å². The predicted molar refractivity (Wildman–Crippen MR) is 104 cm³/mol. The van der Waals surface area contributed by atoms with E-state index in [1.54, 1.807) is 11.3 Å². The van der Waals surface area contributed by atoms with Crippen molar-refractivity contribution in [3.8, 4) is 10.6 Å². The Balaban J connectivity index is 1.80. The fraction of sp³-hybridized carbons (Fsp3) is 0.529. The zero-order chi connectivity index (χ0) is 17.2. The molecule has 0 aromatic carbocycles. The molecule has 0 bridgehead atoms. The molecule has 24 heavy (non-hydrogen) atoms. The van der Waals surface area contributed by atoms with Crippen LogP contribution in [0.4, 0.5) is 0 Å². The van der Waals surface area contributed by atoms with Gasteiger partial charge in [0.1, 0.15) is 0 Å². The number of ether oxygens (including phenoxy) is 1. The largest absolute Gasteiger partial charge is 0.380 e. The molecule has 0 aliphatic heterocycles. The maximum Gasteiger partial charge on any atom is 0.191 e. The first kappa shape index (κ1) is 18.9. The maximum atomic E-state index is 5.32. The Kier molecular flexibility index (Phi) is 8.21. The lowest BCUT2D eigenvalue weighted by atomic mass is 10.3. The molecule has 2 heterocycles. The first-order valence-corrected chi connectivity index (χ1v) is 10.0. The summed E-state index contributed by atoms with van der Waals surface area (Å²) in [5, 5.41) is 9.87. The molecule has 0 unspecified atom stereocenters. The number of aliphatic imine (C=N–C) groups is 1. The number of thiazole rings is 1. The molecule has 132 valence electrons. The highest BCUT2D eigenvalue weighted by molar-refractivity contribution is 7.16. The predicted octanol–water partition coefficient (Wildman–Crippen LogP) is 3.31. The minimum atomic E-state index is 0.661. The lowest BCUT2D eigenvalue weighted by Gasteiger charge is -2.10. The number of hydrogen-bond donors (Lipinski definition) is 2. The van der Waals surface area contributed by atoms with Gasteiger partial charge in [0.2, 0.25) is 0 Å². The summed E-state index contributed by atoms with van der Waals surface area (Å²) in [5.74, 6) is 0.851. The van der Waals surface area contributed by atoms with E-state index in [1.165, 1.54) is 9.75 Å². The Bertz CT molecular complexity index is 636. The molecule has 0 spiro atoms. The van der Waals surface area contributed by atoms with Crippen molar-refractivity contribution in [1.29, 1.82) is 0 Å². The van der Waals surface area contributed by atoms with E-state index < -0.39 is 0 Å². The molecule has 2 rings (SSSR count). The molecule has 7 heteroatoms. The van der Waals surface area contributed by atoms with Crippen molar-refractivity contribution >= 4 is 28.6 Å². The Labute approximate surface area is 152 Å². The van der Waals surface area contributed by atoms with Crippen LogP contribution in [0.25, 0.3) is 10.6 Å². The maximum absolute atomic E-state index is 5.32. The monoisotopic (exact) mass is 366 g/mol. The fourth-order valence-corrected chi connectivity index (χ4v) is 3.79. The highest BCUT2D eigenvalue weighted by Crippen LogP contribution is 2.29. The van der Waals surface area contributed by atoms with Gasteiger partial charge in [0.15, 0.2) is 5.96 Å². The van der Waals surface area contributed by atoms with Gasteiger partial charge in [0, 0.05) is 30.0 Å². The van der Waals surface area contributed by atoms with Crippen LogP contribution in [-0.4, -0.2) is 43.8 Å². The van der Waals surface area contributed by atoms with E-state index in [2.05, 4.69) is 45.0 Å². The lowest BCUT2D eigenvalue weighted by molar-refractivity contribution is 0.155. The van der Waals surface area contributed by atoms with E-state index in [4.69, 9.17) is 4.74 Å². The molecule has 2 N–H and O–H groups in total. The van der Waals surface area contributed by atoms with Crippen LogP contribution < -0.4 is 10.6 Å². The molecule has 0 saturated carbocycles. The van der Waals surface area contributed by atoms with Crippen LogP contribution in [0.15, 0.2) is 22.5 Å². The Morgan fingerprint density at radius 1 is 1.29 bits per heavy atom. The van der Waals surface area contributed by atoms with Gasteiger partial charge < -0.3 is 15.4 Å². The normalized spacial score (nSPS) is 11.7. The third-order valence-corrected chi connectivity index (χ3v) is 5.19. The number of nitrogens with zero attached hydrogens (tertiary/aromatic N) is 2. The zero-order valence-electron chi connectivity index (χ0n) is 14.6. The van der Waals surface area contributed by atoms with Crippen LogP contribution in [0.5, 0.6) is 0 Å². The van der Waals surface area contributed by atoms with Crippen molar-refractivity contribution in [1.82, 2.24) is 15.6 Å². The number of aromatic nitrogens is 1. The molecular weight excluding hydrogens is 340 g/mol. The second kappa shape index (κ2) is 10.4. The van der Waals surface area contributed by atoms with Crippen LogP contribution >= 0.6 is 22.7 Å². The SMILES string of the molecule is CCNC(=NCCOCC)NCCc1ccc(-c2csc(C)n2)s1. The van der Waals surface area contributed by atoms with Crippen LogP contribution in [-0.2, 0) is 11.2 Å². The van der Waals surface area contributed by atoms with E-state index in [9.17, 15) is 0 Å². The van der Waals surface area contributed by atoms with Crippen LogP contribution in [0.2, 0.25) is 0 Å². The molecule has 5 nitrogen and oxygen atoms in total. The van der Waals surface area contributed by atoms with Crippen LogP contribution in [0.3, 0.4) is 0 Å². The molecule has 0 atom stereocenters. The summed E-state index contributed by atoms with van der Waals surface area (Å²) >= 11 is 3.51. The fourth-order valence-electron chi connectivity index (χ4n) is 2.14. The average Bonchev–Trinajstić information content (AvgIpc) is 3.20. The second-order valence-electron chi connectivity index (χ2n) is 5.15. The van der Waals surface area contributed by atoms with Crippen molar-refractivity contribution in [3.63, 3.8) is 0 Å². The van der Waals surface area contributed by atoms with Crippen molar-refractivity contribution < 1.29 is 4.74 Å². The summed E-state index contributed by atoms with van der Waals surface area (Å²) in [4.78, 5) is 11.6. The summed E-state index contributed by atoms with van der Waals surface area (Å²) in [6, 6.07) is 4.35. The summed E-state index contributed by atoms with van der Waals surface area (Å²) < 4.78 is 5.32. The molecule has 2 aromatic heterocycles. The van der Waals surface area contributed by atoms with E-state index >= 15 is 0 Å². The number of nitrogens with one attached hydrogen (secondary N) is 2. The molecule has 0 saturated heterocycles. The first-order chi connectivity index (χ1) is 11.7. The molecular formula is C17H26N4OS2. The molecule has 0 aliphatic carbocycles. The number of thiophene rings is 1. The van der Waals surface area contributed by atoms with Crippen molar-refractivity contribution in [2.45, 2.75) is 27.2 Å².